The molecule has 0 unspecified atom stereocenters. The Hall–Kier alpha value is -1.29. The zero-order chi connectivity index (χ0) is 13.8. The number of pyridine rings is 1. The summed E-state index contributed by atoms with van der Waals surface area (Å²) in [5.41, 5.74) is 0.773. The molecule has 0 bridgehead atoms. The van der Waals surface area contributed by atoms with Crippen molar-refractivity contribution in [1.29, 1.82) is 0 Å². The molecule has 0 aliphatic heterocycles. The average molecular weight is 264 g/mol. The first-order valence-corrected chi connectivity index (χ1v) is 7.12. The molecule has 1 aliphatic carbocycles. The fourth-order valence-electron chi connectivity index (χ4n) is 2.81. The molecule has 1 N–H and O–H groups in total. The molecule has 0 aromatic carbocycles. The molecule has 1 fully saturated rings. The molecule has 0 spiro atoms. The van der Waals surface area contributed by atoms with Gasteiger partial charge in [-0.25, -0.2) is 0 Å². The molecule has 106 valence electrons. The van der Waals surface area contributed by atoms with Gasteiger partial charge < -0.3 is 14.6 Å². The molecule has 0 radical (unpaired) electrons. The molecule has 1 aliphatic rings. The van der Waals surface area contributed by atoms with Gasteiger partial charge in [-0.15, -0.1) is 0 Å². The van der Waals surface area contributed by atoms with Crippen molar-refractivity contribution in [2.24, 2.45) is 0 Å². The fourth-order valence-corrected chi connectivity index (χ4v) is 2.81. The zero-order valence-corrected chi connectivity index (χ0v) is 12.1. The van der Waals surface area contributed by atoms with Crippen molar-refractivity contribution in [3.63, 3.8) is 0 Å². The lowest BCUT2D eigenvalue weighted by Gasteiger charge is -2.29. The van der Waals surface area contributed by atoms with Crippen molar-refractivity contribution < 1.29 is 4.74 Å². The predicted octanol–water partition coefficient (Wildman–Crippen LogP) is 2.80. The van der Waals surface area contributed by atoms with Crippen LogP contribution in [0.4, 0.5) is 5.69 Å². The van der Waals surface area contributed by atoms with Crippen LogP contribution in [0.25, 0.3) is 0 Å². The Morgan fingerprint density at radius 1 is 1.42 bits per heavy atom. The number of nitrogens with one attached hydrogen (secondary N) is 1. The summed E-state index contributed by atoms with van der Waals surface area (Å²) in [7, 11) is 1.76. The highest BCUT2D eigenvalue weighted by Gasteiger charge is 2.24. The molecule has 1 saturated carbocycles. The standard InChI is InChI=1S/C15H24N2O2/c1-11(2)16-14-8-5-9-17(15(14)18)12-6-4-7-13(10-12)19-3/h5,8-9,11-13,16H,4,6-7,10H2,1-3H3/t12-,13-/m1/s1. The van der Waals surface area contributed by atoms with E-state index in [-0.39, 0.29) is 23.7 Å². The van der Waals surface area contributed by atoms with E-state index in [4.69, 9.17) is 4.74 Å². The zero-order valence-electron chi connectivity index (χ0n) is 12.1. The van der Waals surface area contributed by atoms with E-state index < -0.39 is 0 Å². The number of aromatic nitrogens is 1. The van der Waals surface area contributed by atoms with Crippen LogP contribution in [-0.4, -0.2) is 23.8 Å². The lowest BCUT2D eigenvalue weighted by Crippen LogP contribution is -2.32. The molecule has 0 saturated heterocycles. The summed E-state index contributed by atoms with van der Waals surface area (Å²) in [6.07, 6.45) is 6.40. The topological polar surface area (TPSA) is 43.3 Å². The summed E-state index contributed by atoms with van der Waals surface area (Å²) >= 11 is 0. The lowest BCUT2D eigenvalue weighted by molar-refractivity contribution is 0.0525. The van der Waals surface area contributed by atoms with Gasteiger partial charge >= 0.3 is 0 Å². The Morgan fingerprint density at radius 2 is 2.21 bits per heavy atom. The van der Waals surface area contributed by atoms with Gasteiger partial charge in [-0.05, 0) is 51.7 Å². The van der Waals surface area contributed by atoms with Gasteiger partial charge in [-0.3, -0.25) is 4.79 Å². The maximum absolute atomic E-state index is 12.5. The highest BCUT2D eigenvalue weighted by atomic mass is 16.5. The quantitative estimate of drug-likeness (QED) is 0.909. The molecule has 1 aromatic heterocycles. The van der Waals surface area contributed by atoms with Crippen molar-refractivity contribution in [3.8, 4) is 0 Å². The first-order chi connectivity index (χ1) is 9.11. The van der Waals surface area contributed by atoms with Crippen molar-refractivity contribution in [2.45, 2.75) is 57.7 Å². The normalized spacial score (nSPS) is 23.6. The second kappa shape index (κ2) is 6.24. The lowest BCUT2D eigenvalue weighted by atomic mass is 9.92. The first-order valence-electron chi connectivity index (χ1n) is 7.12. The van der Waals surface area contributed by atoms with Gasteiger partial charge in [-0.1, -0.05) is 0 Å². The predicted molar refractivity (Wildman–Crippen MR) is 77.8 cm³/mol. The van der Waals surface area contributed by atoms with Crippen LogP contribution in [0.2, 0.25) is 0 Å². The van der Waals surface area contributed by atoms with Gasteiger partial charge in [0.15, 0.2) is 0 Å². The summed E-state index contributed by atoms with van der Waals surface area (Å²) in [6.45, 7) is 4.08. The third-order valence-corrected chi connectivity index (χ3v) is 3.74. The van der Waals surface area contributed by atoms with Gasteiger partial charge in [0.2, 0.25) is 0 Å². The van der Waals surface area contributed by atoms with Crippen LogP contribution < -0.4 is 10.9 Å². The molecule has 4 nitrogen and oxygen atoms in total. The second-order valence-corrected chi connectivity index (χ2v) is 5.61. The summed E-state index contributed by atoms with van der Waals surface area (Å²) in [5.74, 6) is 0. The summed E-state index contributed by atoms with van der Waals surface area (Å²) < 4.78 is 7.32. The fraction of sp³-hybridized carbons (Fsp3) is 0.667. The van der Waals surface area contributed by atoms with Gasteiger partial charge in [0.05, 0.1) is 6.10 Å². The van der Waals surface area contributed by atoms with E-state index in [1.54, 1.807) is 7.11 Å². The van der Waals surface area contributed by atoms with Crippen molar-refractivity contribution >= 4 is 5.69 Å². The van der Waals surface area contributed by atoms with Gasteiger partial charge in [0, 0.05) is 25.4 Å². The third kappa shape index (κ3) is 3.38. The van der Waals surface area contributed by atoms with E-state index in [9.17, 15) is 4.79 Å². The van der Waals surface area contributed by atoms with Crippen molar-refractivity contribution in [2.75, 3.05) is 12.4 Å². The molecular formula is C15H24N2O2. The van der Waals surface area contributed by atoms with Crippen LogP contribution in [0.5, 0.6) is 0 Å². The highest BCUT2D eigenvalue weighted by molar-refractivity contribution is 5.41. The smallest absolute Gasteiger partial charge is 0.274 e. The Balaban J connectivity index is 2.22. The summed E-state index contributed by atoms with van der Waals surface area (Å²) in [5, 5.41) is 3.21. The van der Waals surface area contributed by atoms with Crippen LogP contribution >= 0.6 is 0 Å². The summed E-state index contributed by atoms with van der Waals surface area (Å²) in [4.78, 5) is 12.5. The number of hydrogen-bond donors (Lipinski definition) is 1. The van der Waals surface area contributed by atoms with Crippen LogP contribution in [0.1, 0.15) is 45.6 Å². The molecule has 1 heterocycles. The number of rotatable bonds is 4. The van der Waals surface area contributed by atoms with Gasteiger partial charge in [0.25, 0.3) is 5.56 Å². The Morgan fingerprint density at radius 3 is 2.89 bits per heavy atom. The third-order valence-electron chi connectivity index (χ3n) is 3.74. The molecule has 4 heteroatoms. The minimum atomic E-state index is 0.0814. The maximum atomic E-state index is 12.5. The number of hydrogen-bond acceptors (Lipinski definition) is 3. The van der Waals surface area contributed by atoms with Crippen LogP contribution in [-0.2, 0) is 4.74 Å². The molecule has 2 rings (SSSR count). The Bertz CT molecular complexity index is 467. The van der Waals surface area contributed by atoms with E-state index in [1.807, 2.05) is 36.7 Å². The highest BCUT2D eigenvalue weighted by Crippen LogP contribution is 2.29. The average Bonchev–Trinajstić information content (AvgIpc) is 2.41. The van der Waals surface area contributed by atoms with Gasteiger partial charge in [0.1, 0.15) is 5.69 Å². The monoisotopic (exact) mass is 264 g/mol. The summed E-state index contributed by atoms with van der Waals surface area (Å²) in [6, 6.07) is 4.33. The van der Waals surface area contributed by atoms with E-state index in [0.29, 0.717) is 5.69 Å². The SMILES string of the molecule is CO[C@@H]1CCC[C@@H](n2cccc(NC(C)C)c2=O)C1. The minimum Gasteiger partial charge on any atom is -0.381 e. The van der Waals surface area contributed by atoms with E-state index in [2.05, 4.69) is 5.32 Å². The van der Waals surface area contributed by atoms with E-state index >= 15 is 0 Å². The largest absolute Gasteiger partial charge is 0.381 e. The van der Waals surface area contributed by atoms with E-state index in [0.717, 1.165) is 25.7 Å². The Kier molecular flexibility index (Phi) is 4.64. The van der Waals surface area contributed by atoms with Crippen LogP contribution in [0.15, 0.2) is 23.1 Å². The minimum absolute atomic E-state index is 0.0814. The molecule has 19 heavy (non-hydrogen) atoms. The number of anilines is 1. The van der Waals surface area contributed by atoms with E-state index in [1.165, 1.54) is 0 Å². The Labute approximate surface area is 114 Å². The van der Waals surface area contributed by atoms with Crippen LogP contribution in [0.3, 0.4) is 0 Å². The van der Waals surface area contributed by atoms with Crippen molar-refractivity contribution in [3.05, 3.63) is 28.7 Å². The number of nitrogens with zero attached hydrogens (tertiary/aromatic N) is 1. The first kappa shape index (κ1) is 14.1. The molecule has 1 aromatic rings. The molecule has 0 amide bonds. The number of ether oxygens (including phenoxy) is 1. The van der Waals surface area contributed by atoms with Gasteiger partial charge in [-0.2, -0.15) is 0 Å². The van der Waals surface area contributed by atoms with Crippen molar-refractivity contribution in [1.82, 2.24) is 4.57 Å². The number of methoxy groups -OCH3 is 1. The molecule has 2 atom stereocenters. The van der Waals surface area contributed by atoms with Crippen LogP contribution in [0, 0.1) is 0 Å². The molecular weight excluding hydrogens is 240 g/mol. The second-order valence-electron chi connectivity index (χ2n) is 5.61. The maximum Gasteiger partial charge on any atom is 0.274 e.